The summed E-state index contributed by atoms with van der Waals surface area (Å²) in [5.74, 6) is 1.41. The summed E-state index contributed by atoms with van der Waals surface area (Å²) < 4.78 is 0. The van der Waals surface area contributed by atoms with Crippen LogP contribution >= 0.6 is 0 Å². The van der Waals surface area contributed by atoms with Gasteiger partial charge in [-0.3, -0.25) is 4.79 Å². The van der Waals surface area contributed by atoms with Crippen LogP contribution in [0.15, 0.2) is 60.8 Å². The molecule has 7 heteroatoms. The quantitative estimate of drug-likeness (QED) is 0.517. The lowest BCUT2D eigenvalue weighted by atomic mass is 9.86. The van der Waals surface area contributed by atoms with E-state index in [0.717, 1.165) is 60.5 Å². The molecule has 1 aromatic heterocycles. The Labute approximate surface area is 231 Å². The number of nitrogens with zero attached hydrogens (tertiary/aromatic N) is 5. The number of para-hydroxylation sites is 1. The van der Waals surface area contributed by atoms with E-state index in [9.17, 15) is 15.2 Å². The molecule has 2 aromatic carbocycles. The first-order valence-corrected chi connectivity index (χ1v) is 13.9. The molecule has 1 amide bonds. The van der Waals surface area contributed by atoms with Gasteiger partial charge in [0.2, 0.25) is 0 Å². The van der Waals surface area contributed by atoms with Crippen molar-refractivity contribution in [2.24, 2.45) is 5.92 Å². The number of benzene rings is 2. The van der Waals surface area contributed by atoms with E-state index in [1.807, 2.05) is 54.3 Å². The molecule has 1 N–H and O–H groups in total. The number of hydrogen-bond acceptors (Lipinski definition) is 6. The van der Waals surface area contributed by atoms with Crippen molar-refractivity contribution in [1.29, 1.82) is 5.26 Å². The zero-order valence-electron chi connectivity index (χ0n) is 22.9. The molecule has 3 heterocycles. The van der Waals surface area contributed by atoms with Crippen LogP contribution in [0.4, 0.5) is 11.5 Å². The van der Waals surface area contributed by atoms with Crippen molar-refractivity contribution < 1.29 is 9.90 Å². The molecule has 2 fully saturated rings. The maximum absolute atomic E-state index is 13.7. The highest BCUT2D eigenvalue weighted by atomic mass is 16.3. The third kappa shape index (κ3) is 5.76. The Morgan fingerprint density at radius 2 is 1.79 bits per heavy atom. The highest BCUT2D eigenvalue weighted by Crippen LogP contribution is 2.30. The summed E-state index contributed by atoms with van der Waals surface area (Å²) in [6, 6.07) is 20.0. The van der Waals surface area contributed by atoms with Crippen LogP contribution in [0, 0.1) is 31.1 Å². The fourth-order valence-electron chi connectivity index (χ4n) is 6.07. The second kappa shape index (κ2) is 11.9. The topological polar surface area (TPSA) is 83.7 Å². The number of hydrogen-bond donors (Lipinski definition) is 1. The number of carbonyl (C=O) groups is 1. The van der Waals surface area contributed by atoms with Crippen LogP contribution < -0.4 is 9.80 Å². The number of aromatic nitrogens is 1. The molecular weight excluding hydrogens is 486 g/mol. The highest BCUT2D eigenvalue weighted by Gasteiger charge is 2.31. The average Bonchev–Trinajstić information content (AvgIpc) is 2.98. The van der Waals surface area contributed by atoms with Gasteiger partial charge in [-0.15, -0.1) is 0 Å². The van der Waals surface area contributed by atoms with Crippen molar-refractivity contribution in [2.75, 3.05) is 49.1 Å². The standard InChI is InChI=1S/C32H37N5O2/c1-23-17-24(2)29(32(39)36-15-16-37(28(21-36)22-38)31-9-5-6-12-34-31)19-27(23)18-25-10-13-35(14-11-25)30-8-4-3-7-26(30)20-33/h3-9,12,17,19,25,28,38H,10-11,13-16,18,21-22H2,1-2H3. The van der Waals surface area contributed by atoms with E-state index >= 15 is 0 Å². The SMILES string of the molecule is Cc1cc(C)c(C(=O)N2CCN(c3ccccn3)C(CO)C2)cc1CC1CCN(c2ccccc2C#N)CC1. The van der Waals surface area contributed by atoms with Gasteiger partial charge in [0.25, 0.3) is 5.91 Å². The fraction of sp³-hybridized carbons (Fsp3) is 0.406. The lowest BCUT2D eigenvalue weighted by Gasteiger charge is -2.41. The third-order valence-corrected chi connectivity index (χ3v) is 8.33. The Kier molecular flexibility index (Phi) is 8.13. The second-order valence-electron chi connectivity index (χ2n) is 10.8. The number of aliphatic hydroxyl groups excluding tert-OH is 1. The summed E-state index contributed by atoms with van der Waals surface area (Å²) in [6.45, 7) is 7.70. The van der Waals surface area contributed by atoms with Crippen LogP contribution in [0.25, 0.3) is 0 Å². The molecule has 2 aliphatic heterocycles. The monoisotopic (exact) mass is 523 g/mol. The van der Waals surface area contributed by atoms with Crippen molar-refractivity contribution in [2.45, 2.75) is 39.2 Å². The molecule has 1 atom stereocenters. The lowest BCUT2D eigenvalue weighted by molar-refractivity contribution is 0.0698. The average molecular weight is 524 g/mol. The summed E-state index contributed by atoms with van der Waals surface area (Å²) in [5, 5.41) is 19.6. The van der Waals surface area contributed by atoms with Crippen molar-refractivity contribution in [3.05, 3.63) is 88.6 Å². The van der Waals surface area contributed by atoms with E-state index in [1.54, 1.807) is 6.20 Å². The van der Waals surface area contributed by atoms with Gasteiger partial charge in [0.15, 0.2) is 0 Å². The van der Waals surface area contributed by atoms with Crippen LogP contribution in [0.5, 0.6) is 0 Å². The van der Waals surface area contributed by atoms with Crippen molar-refractivity contribution in [3.63, 3.8) is 0 Å². The largest absolute Gasteiger partial charge is 0.394 e. The van der Waals surface area contributed by atoms with Gasteiger partial charge in [0.1, 0.15) is 11.9 Å². The van der Waals surface area contributed by atoms with Crippen molar-refractivity contribution >= 4 is 17.4 Å². The van der Waals surface area contributed by atoms with Gasteiger partial charge in [0, 0.05) is 44.5 Å². The molecular formula is C32H37N5O2. The van der Waals surface area contributed by atoms with Crippen LogP contribution in [-0.2, 0) is 6.42 Å². The number of carbonyl (C=O) groups excluding carboxylic acids is 1. The number of nitriles is 1. The Morgan fingerprint density at radius 1 is 1.03 bits per heavy atom. The minimum atomic E-state index is -0.181. The summed E-state index contributed by atoms with van der Waals surface area (Å²) in [6.07, 6.45) is 4.83. The Balaban J connectivity index is 1.26. The maximum Gasteiger partial charge on any atom is 0.254 e. The second-order valence-corrected chi connectivity index (χ2v) is 10.8. The number of pyridine rings is 1. The molecule has 0 saturated carbocycles. The van der Waals surface area contributed by atoms with Crippen LogP contribution in [0.1, 0.15) is 45.5 Å². The number of amides is 1. The van der Waals surface area contributed by atoms with Crippen LogP contribution in [-0.4, -0.2) is 66.3 Å². The minimum Gasteiger partial charge on any atom is -0.394 e. The summed E-state index contributed by atoms with van der Waals surface area (Å²) >= 11 is 0. The smallest absolute Gasteiger partial charge is 0.254 e. The van der Waals surface area contributed by atoms with E-state index in [4.69, 9.17) is 0 Å². The number of piperazine rings is 1. The van der Waals surface area contributed by atoms with Crippen molar-refractivity contribution in [3.8, 4) is 6.07 Å². The number of aliphatic hydroxyl groups is 1. The molecule has 2 aliphatic rings. The lowest BCUT2D eigenvalue weighted by Crippen LogP contribution is -2.56. The molecule has 0 aliphatic carbocycles. The van der Waals surface area contributed by atoms with Gasteiger partial charge < -0.3 is 19.8 Å². The summed E-state index contributed by atoms with van der Waals surface area (Å²) in [5.41, 5.74) is 6.00. The van der Waals surface area contributed by atoms with Gasteiger partial charge in [-0.1, -0.05) is 24.3 Å². The molecule has 0 bridgehead atoms. The first kappa shape index (κ1) is 26.7. The number of rotatable bonds is 6. The normalized spacial score (nSPS) is 18.2. The van der Waals surface area contributed by atoms with Crippen molar-refractivity contribution in [1.82, 2.24) is 9.88 Å². The molecule has 2 saturated heterocycles. The van der Waals surface area contributed by atoms with E-state index in [0.29, 0.717) is 25.6 Å². The van der Waals surface area contributed by atoms with Gasteiger partial charge in [-0.05, 0) is 86.1 Å². The zero-order chi connectivity index (χ0) is 27.4. The maximum atomic E-state index is 13.7. The van der Waals surface area contributed by atoms with Gasteiger partial charge in [-0.2, -0.15) is 5.26 Å². The first-order chi connectivity index (χ1) is 19.0. The van der Waals surface area contributed by atoms with E-state index < -0.39 is 0 Å². The summed E-state index contributed by atoms with van der Waals surface area (Å²) in [4.78, 5) is 24.5. The Hall–Kier alpha value is -3.89. The van der Waals surface area contributed by atoms with E-state index in [-0.39, 0.29) is 18.6 Å². The predicted molar refractivity (Wildman–Crippen MR) is 154 cm³/mol. The molecule has 1 unspecified atom stereocenters. The zero-order valence-corrected chi connectivity index (χ0v) is 22.9. The third-order valence-electron chi connectivity index (χ3n) is 8.33. The molecule has 0 spiro atoms. The first-order valence-electron chi connectivity index (χ1n) is 13.9. The van der Waals surface area contributed by atoms with Crippen LogP contribution in [0.2, 0.25) is 0 Å². The van der Waals surface area contributed by atoms with Crippen LogP contribution in [0.3, 0.4) is 0 Å². The summed E-state index contributed by atoms with van der Waals surface area (Å²) in [7, 11) is 0. The highest BCUT2D eigenvalue weighted by molar-refractivity contribution is 5.96. The predicted octanol–water partition coefficient (Wildman–Crippen LogP) is 4.35. The fourth-order valence-corrected chi connectivity index (χ4v) is 6.07. The van der Waals surface area contributed by atoms with E-state index in [1.165, 1.54) is 11.1 Å². The number of anilines is 2. The molecule has 39 heavy (non-hydrogen) atoms. The minimum absolute atomic E-state index is 0.0317. The Morgan fingerprint density at radius 3 is 2.51 bits per heavy atom. The Bertz CT molecular complexity index is 1340. The molecule has 0 radical (unpaired) electrons. The molecule has 3 aromatic rings. The number of aryl methyl sites for hydroxylation is 2. The van der Waals surface area contributed by atoms with Gasteiger partial charge in [0.05, 0.1) is 23.9 Å². The van der Waals surface area contributed by atoms with Gasteiger partial charge >= 0.3 is 0 Å². The van der Waals surface area contributed by atoms with Gasteiger partial charge in [-0.25, -0.2) is 4.98 Å². The number of piperidine rings is 1. The van der Waals surface area contributed by atoms with E-state index in [2.05, 4.69) is 39.9 Å². The molecule has 202 valence electrons. The molecule has 5 rings (SSSR count). The molecule has 7 nitrogen and oxygen atoms in total.